The third kappa shape index (κ3) is 6.35. The van der Waals surface area contributed by atoms with Crippen molar-refractivity contribution in [3.8, 4) is 0 Å². The maximum Gasteiger partial charge on any atom is 0.214 e. The molecule has 92 valence electrons. The Kier molecular flexibility index (Phi) is 6.75. The molecule has 0 heterocycles. The Morgan fingerprint density at radius 1 is 1.40 bits per heavy atom. The number of nitrogens with one attached hydrogen (secondary N) is 1. The molecule has 4 nitrogen and oxygen atoms in total. The van der Waals surface area contributed by atoms with E-state index in [0.717, 1.165) is 0 Å². The lowest BCUT2D eigenvalue weighted by Gasteiger charge is -2.26. The van der Waals surface area contributed by atoms with Gasteiger partial charge in [0.1, 0.15) is 0 Å². The Morgan fingerprint density at radius 3 is 2.40 bits per heavy atom. The summed E-state index contributed by atoms with van der Waals surface area (Å²) in [5.41, 5.74) is -0.563. The number of hydrogen-bond acceptors (Lipinski definition) is 3. The molecule has 0 saturated carbocycles. The fourth-order valence-electron chi connectivity index (χ4n) is 0.933. The third-order valence-electron chi connectivity index (χ3n) is 2.18. The van der Waals surface area contributed by atoms with E-state index in [1.165, 1.54) is 0 Å². The molecule has 0 spiro atoms. The molecule has 6 heteroatoms. The minimum absolute atomic E-state index is 0.0205. The normalized spacial score (nSPS) is 16.3. The molecule has 0 rings (SSSR count). The van der Waals surface area contributed by atoms with Gasteiger partial charge in [-0.3, -0.25) is 0 Å². The van der Waals surface area contributed by atoms with E-state index in [1.807, 2.05) is 13.8 Å². The molecule has 0 aliphatic carbocycles. The minimum Gasteiger partial charge on any atom is -0.381 e. The van der Waals surface area contributed by atoms with Crippen molar-refractivity contribution in [2.24, 2.45) is 0 Å². The van der Waals surface area contributed by atoms with Crippen LogP contribution in [0.1, 0.15) is 27.2 Å². The van der Waals surface area contributed by atoms with E-state index in [0.29, 0.717) is 13.0 Å². The maximum absolute atomic E-state index is 11.6. The van der Waals surface area contributed by atoms with Gasteiger partial charge in [-0.05, 0) is 20.3 Å². The van der Waals surface area contributed by atoms with Gasteiger partial charge in [-0.15, -0.1) is 11.6 Å². The van der Waals surface area contributed by atoms with Crippen molar-refractivity contribution in [2.75, 3.05) is 24.8 Å². The number of hydrogen-bond donors (Lipinski definition) is 1. The van der Waals surface area contributed by atoms with Crippen LogP contribution in [0, 0.1) is 0 Å². The summed E-state index contributed by atoms with van der Waals surface area (Å²) in [6, 6.07) is 0. The van der Waals surface area contributed by atoms with Crippen LogP contribution in [-0.4, -0.2) is 38.8 Å². The fraction of sp³-hybridized carbons (Fsp3) is 1.00. The molecule has 1 unspecified atom stereocenters. The SMILES string of the molecule is CCOCCS(=O)(=O)NC(C)(CC)CCl. The number of ether oxygens (including phenoxy) is 1. The Bertz CT molecular complexity index is 263. The molecule has 0 aliphatic rings. The highest BCUT2D eigenvalue weighted by molar-refractivity contribution is 7.89. The molecule has 0 radical (unpaired) electrons. The van der Waals surface area contributed by atoms with Gasteiger partial charge < -0.3 is 4.74 Å². The second-order valence-corrected chi connectivity index (χ2v) is 5.77. The second kappa shape index (κ2) is 6.68. The van der Waals surface area contributed by atoms with Gasteiger partial charge in [0.05, 0.1) is 12.4 Å². The zero-order valence-corrected chi connectivity index (χ0v) is 11.1. The summed E-state index contributed by atoms with van der Waals surface area (Å²) in [5, 5.41) is 0. The van der Waals surface area contributed by atoms with Crippen molar-refractivity contribution >= 4 is 21.6 Å². The van der Waals surface area contributed by atoms with Crippen molar-refractivity contribution in [1.82, 2.24) is 4.72 Å². The highest BCUT2D eigenvalue weighted by atomic mass is 35.5. The Labute approximate surface area is 97.4 Å². The third-order valence-corrected chi connectivity index (χ3v) is 4.28. The van der Waals surface area contributed by atoms with Crippen LogP contribution in [0.15, 0.2) is 0 Å². The van der Waals surface area contributed by atoms with Crippen LogP contribution in [0.25, 0.3) is 0 Å². The Balaban J connectivity index is 4.24. The van der Waals surface area contributed by atoms with E-state index >= 15 is 0 Å². The first-order chi connectivity index (χ1) is 6.89. The van der Waals surface area contributed by atoms with E-state index in [4.69, 9.17) is 16.3 Å². The van der Waals surface area contributed by atoms with Crippen LogP contribution in [-0.2, 0) is 14.8 Å². The van der Waals surface area contributed by atoms with Gasteiger partial charge in [-0.25, -0.2) is 13.1 Å². The van der Waals surface area contributed by atoms with E-state index in [1.54, 1.807) is 6.92 Å². The van der Waals surface area contributed by atoms with E-state index in [2.05, 4.69) is 4.72 Å². The van der Waals surface area contributed by atoms with Gasteiger partial charge in [0.15, 0.2) is 0 Å². The van der Waals surface area contributed by atoms with Crippen molar-refractivity contribution in [1.29, 1.82) is 0 Å². The second-order valence-electron chi connectivity index (χ2n) is 3.67. The molecule has 15 heavy (non-hydrogen) atoms. The van der Waals surface area contributed by atoms with Crippen LogP contribution in [0.5, 0.6) is 0 Å². The largest absolute Gasteiger partial charge is 0.381 e. The monoisotopic (exact) mass is 257 g/mol. The van der Waals surface area contributed by atoms with E-state index < -0.39 is 15.6 Å². The van der Waals surface area contributed by atoms with Crippen molar-refractivity contribution in [2.45, 2.75) is 32.7 Å². The van der Waals surface area contributed by atoms with Crippen LogP contribution in [0.3, 0.4) is 0 Å². The van der Waals surface area contributed by atoms with Gasteiger partial charge in [0, 0.05) is 18.0 Å². The van der Waals surface area contributed by atoms with Gasteiger partial charge in [0.2, 0.25) is 10.0 Å². The van der Waals surface area contributed by atoms with E-state index in [-0.39, 0.29) is 18.2 Å². The number of sulfonamides is 1. The molecule has 0 aromatic carbocycles. The molecule has 0 aliphatic heterocycles. The lowest BCUT2D eigenvalue weighted by atomic mass is 10.0. The molecule has 0 aromatic rings. The van der Waals surface area contributed by atoms with Crippen LogP contribution >= 0.6 is 11.6 Å². The van der Waals surface area contributed by atoms with Gasteiger partial charge in [-0.2, -0.15) is 0 Å². The average Bonchev–Trinajstić information content (AvgIpc) is 2.17. The van der Waals surface area contributed by atoms with Crippen LogP contribution < -0.4 is 4.72 Å². The van der Waals surface area contributed by atoms with Crippen molar-refractivity contribution in [3.05, 3.63) is 0 Å². The molecule has 1 atom stereocenters. The first kappa shape index (κ1) is 15.2. The first-order valence-electron chi connectivity index (χ1n) is 5.04. The molecule has 0 amide bonds. The fourth-order valence-corrected chi connectivity index (χ4v) is 2.68. The summed E-state index contributed by atoms with van der Waals surface area (Å²) in [6.07, 6.45) is 0.657. The summed E-state index contributed by atoms with van der Waals surface area (Å²) in [7, 11) is -3.30. The lowest BCUT2D eigenvalue weighted by Crippen LogP contribution is -2.48. The summed E-state index contributed by atoms with van der Waals surface area (Å²) >= 11 is 5.72. The maximum atomic E-state index is 11.6. The zero-order valence-electron chi connectivity index (χ0n) is 9.55. The number of halogens is 1. The quantitative estimate of drug-likeness (QED) is 0.528. The standard InChI is InChI=1S/C9H20ClNO3S/c1-4-9(3,8-10)11-15(12,13)7-6-14-5-2/h11H,4-8H2,1-3H3. The molecule has 0 saturated heterocycles. The Hall–Kier alpha value is 0.160. The smallest absolute Gasteiger partial charge is 0.214 e. The molecular formula is C9H20ClNO3S. The van der Waals surface area contributed by atoms with Crippen molar-refractivity contribution < 1.29 is 13.2 Å². The van der Waals surface area contributed by atoms with Gasteiger partial charge in [-0.1, -0.05) is 6.92 Å². The predicted molar refractivity (Wildman–Crippen MR) is 62.8 cm³/mol. The summed E-state index contributed by atoms with van der Waals surface area (Å²) < 4.78 is 30.8. The lowest BCUT2D eigenvalue weighted by molar-refractivity contribution is 0.163. The van der Waals surface area contributed by atoms with Crippen LogP contribution in [0.4, 0.5) is 0 Å². The predicted octanol–water partition coefficient (Wildman–Crippen LogP) is 1.35. The van der Waals surface area contributed by atoms with E-state index in [9.17, 15) is 8.42 Å². The van der Waals surface area contributed by atoms with Crippen LogP contribution in [0.2, 0.25) is 0 Å². The van der Waals surface area contributed by atoms with Gasteiger partial charge >= 0.3 is 0 Å². The van der Waals surface area contributed by atoms with Crippen molar-refractivity contribution in [3.63, 3.8) is 0 Å². The molecule has 1 N–H and O–H groups in total. The number of alkyl halides is 1. The highest BCUT2D eigenvalue weighted by Gasteiger charge is 2.26. The number of rotatable bonds is 8. The molecule has 0 bridgehead atoms. The molecule has 0 aromatic heterocycles. The van der Waals surface area contributed by atoms with Gasteiger partial charge in [0.25, 0.3) is 0 Å². The molecule has 0 fully saturated rings. The average molecular weight is 258 g/mol. The Morgan fingerprint density at radius 2 is 2.00 bits per heavy atom. The first-order valence-corrected chi connectivity index (χ1v) is 7.23. The summed E-state index contributed by atoms with van der Waals surface area (Å²) in [4.78, 5) is 0. The summed E-state index contributed by atoms with van der Waals surface area (Å²) in [5.74, 6) is 0.241. The highest BCUT2D eigenvalue weighted by Crippen LogP contribution is 2.12. The zero-order chi connectivity index (χ0) is 11.9. The molecular weight excluding hydrogens is 238 g/mol. The minimum atomic E-state index is -3.30. The topological polar surface area (TPSA) is 55.4 Å². The summed E-state index contributed by atoms with van der Waals surface area (Å²) in [6.45, 7) is 6.25.